The van der Waals surface area contributed by atoms with Crippen molar-refractivity contribution in [1.82, 2.24) is 9.78 Å². The number of aliphatic carboxylic acids is 1. The predicted molar refractivity (Wildman–Crippen MR) is 72.7 cm³/mol. The van der Waals surface area contributed by atoms with Crippen molar-refractivity contribution < 1.29 is 9.90 Å². The van der Waals surface area contributed by atoms with Crippen molar-refractivity contribution >= 4 is 28.0 Å². The molecule has 18 heavy (non-hydrogen) atoms. The van der Waals surface area contributed by atoms with Gasteiger partial charge in [-0.25, -0.2) is 9.48 Å². The van der Waals surface area contributed by atoms with Crippen LogP contribution >= 0.6 is 15.9 Å². The first-order chi connectivity index (χ1) is 8.56. The molecule has 1 aromatic carbocycles. The Hall–Kier alpha value is -1.88. The Kier molecular flexibility index (Phi) is 3.62. The number of halogens is 1. The topological polar surface area (TPSA) is 55.1 Å². The van der Waals surface area contributed by atoms with Gasteiger partial charge in [0.25, 0.3) is 0 Å². The normalized spacial score (nSPS) is 11.0. The molecule has 1 heterocycles. The number of aromatic nitrogens is 2. The maximum atomic E-state index is 10.4. The van der Waals surface area contributed by atoms with Gasteiger partial charge in [0.1, 0.15) is 0 Å². The number of hydrogen-bond acceptors (Lipinski definition) is 2. The molecule has 1 N–H and O–H groups in total. The van der Waals surface area contributed by atoms with E-state index < -0.39 is 5.97 Å². The third kappa shape index (κ3) is 2.87. The highest BCUT2D eigenvalue weighted by Crippen LogP contribution is 2.18. The molecule has 0 amide bonds. The molecule has 2 rings (SSSR count). The third-order valence-corrected chi connectivity index (χ3v) is 2.85. The zero-order chi connectivity index (χ0) is 13.1. The monoisotopic (exact) mass is 306 g/mol. The van der Waals surface area contributed by atoms with Crippen molar-refractivity contribution in [3.63, 3.8) is 0 Å². The van der Waals surface area contributed by atoms with Crippen LogP contribution in [0.25, 0.3) is 11.8 Å². The van der Waals surface area contributed by atoms with Crippen LogP contribution in [-0.2, 0) is 4.79 Å². The molecule has 2 aromatic rings. The van der Waals surface area contributed by atoms with Crippen molar-refractivity contribution in [2.75, 3.05) is 0 Å². The van der Waals surface area contributed by atoms with Crippen LogP contribution in [0.15, 0.2) is 41.1 Å². The minimum Gasteiger partial charge on any atom is -0.478 e. The maximum absolute atomic E-state index is 10.4. The van der Waals surface area contributed by atoms with Crippen LogP contribution in [0.5, 0.6) is 0 Å². The molecule has 0 aliphatic rings. The number of rotatable bonds is 3. The quantitative estimate of drug-likeness (QED) is 0.887. The SMILES string of the molecule is Cc1cc(/C=C/C(=O)O)ccc1-n1cc(Br)cn1. The molecule has 0 aliphatic heterocycles. The van der Waals surface area contributed by atoms with E-state index >= 15 is 0 Å². The Morgan fingerprint density at radius 3 is 2.83 bits per heavy atom. The average molecular weight is 307 g/mol. The first-order valence-electron chi connectivity index (χ1n) is 5.28. The summed E-state index contributed by atoms with van der Waals surface area (Å²) in [5.74, 6) is -0.951. The van der Waals surface area contributed by atoms with E-state index in [1.54, 1.807) is 17.0 Å². The van der Waals surface area contributed by atoms with Gasteiger partial charge in [0.15, 0.2) is 0 Å². The number of carboxylic acid groups (broad SMARTS) is 1. The summed E-state index contributed by atoms with van der Waals surface area (Å²) in [7, 11) is 0. The van der Waals surface area contributed by atoms with Crippen LogP contribution in [-0.4, -0.2) is 20.9 Å². The lowest BCUT2D eigenvalue weighted by Crippen LogP contribution is -1.97. The Morgan fingerprint density at radius 1 is 1.50 bits per heavy atom. The second kappa shape index (κ2) is 5.18. The van der Waals surface area contributed by atoms with Gasteiger partial charge in [0, 0.05) is 12.3 Å². The summed E-state index contributed by atoms with van der Waals surface area (Å²) in [6, 6.07) is 5.69. The van der Waals surface area contributed by atoms with Crippen molar-refractivity contribution in [3.05, 3.63) is 52.3 Å². The lowest BCUT2D eigenvalue weighted by molar-refractivity contribution is -0.131. The molecule has 0 fully saturated rings. The van der Waals surface area contributed by atoms with E-state index in [4.69, 9.17) is 5.11 Å². The summed E-state index contributed by atoms with van der Waals surface area (Å²) < 4.78 is 2.68. The summed E-state index contributed by atoms with van der Waals surface area (Å²) in [5.41, 5.74) is 2.84. The average Bonchev–Trinajstić information content (AvgIpc) is 2.73. The van der Waals surface area contributed by atoms with Gasteiger partial charge >= 0.3 is 5.97 Å². The number of aryl methyl sites for hydroxylation is 1. The molecule has 0 saturated carbocycles. The fraction of sp³-hybridized carbons (Fsp3) is 0.0769. The molecule has 0 bridgehead atoms. The van der Waals surface area contributed by atoms with Crippen molar-refractivity contribution in [2.45, 2.75) is 6.92 Å². The summed E-state index contributed by atoms with van der Waals surface area (Å²) in [4.78, 5) is 10.4. The molecule has 1 aromatic heterocycles. The van der Waals surface area contributed by atoms with E-state index in [0.717, 1.165) is 27.4 Å². The standard InChI is InChI=1S/C13H11BrN2O2/c1-9-6-10(3-5-13(17)18)2-4-12(9)16-8-11(14)7-15-16/h2-8H,1H3,(H,17,18)/b5-3+. The summed E-state index contributed by atoms with van der Waals surface area (Å²) in [6.45, 7) is 1.96. The molecule has 0 unspecified atom stereocenters. The Labute approximate surface area is 113 Å². The highest BCUT2D eigenvalue weighted by molar-refractivity contribution is 9.10. The van der Waals surface area contributed by atoms with Crippen molar-refractivity contribution in [3.8, 4) is 5.69 Å². The number of carboxylic acids is 1. The van der Waals surface area contributed by atoms with Gasteiger partial charge in [0.2, 0.25) is 0 Å². The number of benzene rings is 1. The molecule has 0 saturated heterocycles. The van der Waals surface area contributed by atoms with Gasteiger partial charge in [0.05, 0.1) is 16.4 Å². The fourth-order valence-corrected chi connectivity index (χ4v) is 1.92. The van der Waals surface area contributed by atoms with Gasteiger partial charge in [-0.05, 0) is 52.2 Å². The molecule has 4 nitrogen and oxygen atoms in total. The Bertz CT molecular complexity index is 617. The lowest BCUT2D eigenvalue weighted by Gasteiger charge is -2.06. The van der Waals surface area contributed by atoms with E-state index in [2.05, 4.69) is 21.0 Å². The largest absolute Gasteiger partial charge is 0.478 e. The van der Waals surface area contributed by atoms with E-state index in [1.165, 1.54) is 0 Å². The van der Waals surface area contributed by atoms with Gasteiger partial charge < -0.3 is 5.11 Å². The number of nitrogens with zero attached hydrogens (tertiary/aromatic N) is 2. The summed E-state index contributed by atoms with van der Waals surface area (Å²) >= 11 is 3.35. The van der Waals surface area contributed by atoms with Gasteiger partial charge in [-0.2, -0.15) is 5.10 Å². The van der Waals surface area contributed by atoms with E-state index in [0.29, 0.717) is 0 Å². The maximum Gasteiger partial charge on any atom is 0.328 e. The highest BCUT2D eigenvalue weighted by Gasteiger charge is 2.03. The first-order valence-corrected chi connectivity index (χ1v) is 6.08. The van der Waals surface area contributed by atoms with Crippen molar-refractivity contribution in [1.29, 1.82) is 0 Å². The van der Waals surface area contributed by atoms with Gasteiger partial charge in [-0.15, -0.1) is 0 Å². The van der Waals surface area contributed by atoms with Crippen LogP contribution in [0.1, 0.15) is 11.1 Å². The molecule has 0 atom stereocenters. The van der Waals surface area contributed by atoms with E-state index in [9.17, 15) is 4.79 Å². The summed E-state index contributed by atoms with van der Waals surface area (Å²) in [5, 5.41) is 12.8. The fourth-order valence-electron chi connectivity index (χ4n) is 1.64. The lowest BCUT2D eigenvalue weighted by atomic mass is 10.1. The molecule has 92 valence electrons. The van der Waals surface area contributed by atoms with Gasteiger partial charge in [-0.3, -0.25) is 0 Å². The zero-order valence-electron chi connectivity index (χ0n) is 9.67. The minimum atomic E-state index is -0.951. The van der Waals surface area contributed by atoms with Crippen LogP contribution in [0.2, 0.25) is 0 Å². The highest BCUT2D eigenvalue weighted by atomic mass is 79.9. The smallest absolute Gasteiger partial charge is 0.328 e. The summed E-state index contributed by atoms with van der Waals surface area (Å²) in [6.07, 6.45) is 6.28. The van der Waals surface area contributed by atoms with Crippen LogP contribution in [0.4, 0.5) is 0 Å². The van der Waals surface area contributed by atoms with Gasteiger partial charge in [-0.1, -0.05) is 6.07 Å². The van der Waals surface area contributed by atoms with Crippen LogP contribution in [0, 0.1) is 6.92 Å². The number of carbonyl (C=O) groups is 1. The second-order valence-corrected chi connectivity index (χ2v) is 4.74. The molecule has 5 heteroatoms. The third-order valence-electron chi connectivity index (χ3n) is 2.44. The van der Waals surface area contributed by atoms with Crippen LogP contribution in [0.3, 0.4) is 0 Å². The molecular weight excluding hydrogens is 296 g/mol. The molecule has 0 aliphatic carbocycles. The van der Waals surface area contributed by atoms with Crippen molar-refractivity contribution in [2.24, 2.45) is 0 Å². The molecule has 0 spiro atoms. The number of hydrogen-bond donors (Lipinski definition) is 1. The predicted octanol–water partition coefficient (Wildman–Crippen LogP) is 3.04. The Balaban J connectivity index is 2.33. The zero-order valence-corrected chi connectivity index (χ0v) is 11.3. The van der Waals surface area contributed by atoms with E-state index in [-0.39, 0.29) is 0 Å². The second-order valence-electron chi connectivity index (χ2n) is 3.82. The molecular formula is C13H11BrN2O2. The Morgan fingerprint density at radius 2 is 2.28 bits per heavy atom. The minimum absolute atomic E-state index is 0.852. The first kappa shape index (κ1) is 12.6. The molecule has 0 radical (unpaired) electrons. The van der Waals surface area contributed by atoms with E-state index in [1.807, 2.05) is 31.3 Å². The van der Waals surface area contributed by atoms with Crippen LogP contribution < -0.4 is 0 Å².